The maximum atomic E-state index is 5.91. The summed E-state index contributed by atoms with van der Waals surface area (Å²) in [6.07, 6.45) is 2.03. The van der Waals surface area contributed by atoms with Gasteiger partial charge in [0.2, 0.25) is 0 Å². The lowest BCUT2D eigenvalue weighted by molar-refractivity contribution is 0.632. The van der Waals surface area contributed by atoms with Crippen LogP contribution in [0.5, 0.6) is 0 Å². The zero-order chi connectivity index (χ0) is 11.3. The second kappa shape index (κ2) is 6.33. The fourth-order valence-electron chi connectivity index (χ4n) is 1.07. The third kappa shape index (κ3) is 4.85. The predicted octanol–water partition coefficient (Wildman–Crippen LogP) is 3.83. The van der Waals surface area contributed by atoms with Gasteiger partial charge in [-0.15, -0.1) is 11.8 Å². The van der Waals surface area contributed by atoms with Gasteiger partial charge in [0.05, 0.1) is 0 Å². The summed E-state index contributed by atoms with van der Waals surface area (Å²) in [5, 5.41) is 1.54. The van der Waals surface area contributed by atoms with Crippen LogP contribution in [0.2, 0.25) is 5.15 Å². The Morgan fingerprint density at radius 1 is 1.40 bits per heavy atom. The molecule has 0 aliphatic rings. The number of thioether (sulfide) groups is 1. The zero-order valence-corrected chi connectivity index (χ0v) is 11.0. The van der Waals surface area contributed by atoms with Gasteiger partial charge in [-0.1, -0.05) is 32.4 Å². The molecule has 0 atom stereocenters. The van der Waals surface area contributed by atoms with Crippen LogP contribution in [0.1, 0.15) is 33.0 Å². The Kier molecular flexibility index (Phi) is 5.40. The lowest BCUT2D eigenvalue weighted by Crippen LogP contribution is -1.96. The summed E-state index contributed by atoms with van der Waals surface area (Å²) >= 11 is 7.66. The highest BCUT2D eigenvalue weighted by atomic mass is 35.5. The Labute approximate surface area is 101 Å². The second-order valence-corrected chi connectivity index (χ2v) is 5.33. The monoisotopic (exact) mass is 244 g/mol. The van der Waals surface area contributed by atoms with Crippen molar-refractivity contribution in [3.8, 4) is 0 Å². The third-order valence-corrected chi connectivity index (χ3v) is 3.12. The Hall–Kier alpha value is -0.280. The van der Waals surface area contributed by atoms with E-state index in [-0.39, 0.29) is 0 Å². The van der Waals surface area contributed by atoms with Crippen LogP contribution in [0.3, 0.4) is 0 Å². The molecule has 2 nitrogen and oxygen atoms in total. The van der Waals surface area contributed by atoms with Gasteiger partial charge in [0.15, 0.2) is 0 Å². The van der Waals surface area contributed by atoms with Crippen molar-refractivity contribution in [1.82, 2.24) is 9.97 Å². The molecule has 0 saturated heterocycles. The van der Waals surface area contributed by atoms with E-state index in [1.807, 2.05) is 13.0 Å². The Morgan fingerprint density at radius 3 is 2.73 bits per heavy atom. The minimum Gasteiger partial charge on any atom is -0.227 e. The van der Waals surface area contributed by atoms with Gasteiger partial charge >= 0.3 is 0 Å². The number of halogens is 1. The molecule has 0 aromatic carbocycles. The molecule has 0 unspecified atom stereocenters. The molecular formula is C11H17ClN2S. The van der Waals surface area contributed by atoms with E-state index in [0.29, 0.717) is 5.15 Å². The van der Waals surface area contributed by atoms with Gasteiger partial charge in [0.1, 0.15) is 16.0 Å². The van der Waals surface area contributed by atoms with E-state index >= 15 is 0 Å². The number of hydrogen-bond donors (Lipinski definition) is 0. The summed E-state index contributed by atoms with van der Waals surface area (Å²) in [5.41, 5.74) is 0. The Balaban J connectivity index is 2.56. The summed E-state index contributed by atoms with van der Waals surface area (Å²) < 4.78 is 0. The molecule has 0 bridgehead atoms. The lowest BCUT2D eigenvalue weighted by atomic mass is 10.2. The summed E-state index contributed by atoms with van der Waals surface area (Å²) in [5.74, 6) is 2.66. The van der Waals surface area contributed by atoms with Gasteiger partial charge in [-0.25, -0.2) is 9.97 Å². The molecule has 0 radical (unpaired) electrons. The normalized spacial score (nSPS) is 11.0. The van der Waals surface area contributed by atoms with Crippen LogP contribution in [0, 0.1) is 5.92 Å². The molecule has 84 valence electrons. The van der Waals surface area contributed by atoms with Gasteiger partial charge in [-0.2, -0.15) is 0 Å². The molecule has 0 N–H and O–H groups in total. The Morgan fingerprint density at radius 2 is 2.13 bits per heavy atom. The number of aryl methyl sites for hydroxylation is 1. The van der Waals surface area contributed by atoms with Crippen LogP contribution in [0.25, 0.3) is 0 Å². The van der Waals surface area contributed by atoms with Crippen LogP contribution in [0.4, 0.5) is 0 Å². The van der Waals surface area contributed by atoms with Crippen LogP contribution in [-0.2, 0) is 6.42 Å². The summed E-state index contributed by atoms with van der Waals surface area (Å²) in [7, 11) is 0. The van der Waals surface area contributed by atoms with Gasteiger partial charge in [-0.05, 0) is 18.1 Å². The van der Waals surface area contributed by atoms with Crippen molar-refractivity contribution in [2.45, 2.75) is 38.6 Å². The molecule has 0 fully saturated rings. The molecule has 1 aromatic heterocycles. The number of nitrogens with zero attached hydrogens (tertiary/aromatic N) is 2. The maximum Gasteiger partial charge on any atom is 0.133 e. The van der Waals surface area contributed by atoms with Gasteiger partial charge in [0.25, 0.3) is 0 Å². The first-order valence-electron chi connectivity index (χ1n) is 5.28. The number of hydrogen-bond acceptors (Lipinski definition) is 3. The first-order valence-corrected chi connectivity index (χ1v) is 6.64. The molecule has 0 saturated carbocycles. The van der Waals surface area contributed by atoms with Crippen molar-refractivity contribution in [1.29, 1.82) is 0 Å². The van der Waals surface area contributed by atoms with Crippen molar-refractivity contribution < 1.29 is 0 Å². The maximum absolute atomic E-state index is 5.91. The molecule has 1 aromatic rings. The van der Waals surface area contributed by atoms with Crippen LogP contribution in [0.15, 0.2) is 11.1 Å². The molecule has 0 aliphatic heterocycles. The Bertz CT molecular complexity index is 315. The topological polar surface area (TPSA) is 25.8 Å². The lowest BCUT2D eigenvalue weighted by Gasteiger charge is -2.05. The third-order valence-electron chi connectivity index (χ3n) is 1.98. The van der Waals surface area contributed by atoms with Crippen LogP contribution in [-0.4, -0.2) is 15.7 Å². The molecule has 0 amide bonds. The van der Waals surface area contributed by atoms with Gasteiger partial charge in [-0.3, -0.25) is 0 Å². The first kappa shape index (κ1) is 12.8. The minimum atomic E-state index is 0.550. The van der Waals surface area contributed by atoms with Crippen molar-refractivity contribution >= 4 is 23.4 Å². The van der Waals surface area contributed by atoms with E-state index in [0.717, 1.165) is 28.9 Å². The summed E-state index contributed by atoms with van der Waals surface area (Å²) in [6.45, 7) is 6.49. The molecule has 1 heterocycles. The average molecular weight is 245 g/mol. The van der Waals surface area contributed by atoms with E-state index < -0.39 is 0 Å². The SMILES string of the molecule is CCc1nc(Cl)cc(SCCC(C)C)n1. The molecule has 0 spiro atoms. The molecule has 1 rings (SSSR count). The van der Waals surface area contributed by atoms with Crippen molar-refractivity contribution in [2.75, 3.05) is 5.75 Å². The fourth-order valence-corrected chi connectivity index (χ4v) is 2.50. The smallest absolute Gasteiger partial charge is 0.133 e. The van der Waals surface area contributed by atoms with Crippen molar-refractivity contribution in [3.63, 3.8) is 0 Å². The highest BCUT2D eigenvalue weighted by Gasteiger charge is 2.03. The molecule has 4 heteroatoms. The van der Waals surface area contributed by atoms with Gasteiger partial charge < -0.3 is 0 Å². The average Bonchev–Trinajstić information content (AvgIpc) is 2.16. The quantitative estimate of drug-likeness (QED) is 0.582. The number of aromatic nitrogens is 2. The van der Waals surface area contributed by atoms with E-state index in [1.165, 1.54) is 6.42 Å². The van der Waals surface area contributed by atoms with Crippen molar-refractivity contribution in [3.05, 3.63) is 17.0 Å². The summed E-state index contributed by atoms with van der Waals surface area (Å²) in [4.78, 5) is 8.55. The fraction of sp³-hybridized carbons (Fsp3) is 0.636. The standard InChI is InChI=1S/C11H17ClN2S/c1-4-10-13-9(12)7-11(14-10)15-6-5-8(2)3/h7-8H,4-6H2,1-3H3. The van der Waals surface area contributed by atoms with E-state index in [9.17, 15) is 0 Å². The highest BCUT2D eigenvalue weighted by Crippen LogP contribution is 2.21. The van der Waals surface area contributed by atoms with Gasteiger partial charge in [0, 0.05) is 12.5 Å². The number of rotatable bonds is 5. The van der Waals surface area contributed by atoms with Crippen molar-refractivity contribution in [2.24, 2.45) is 5.92 Å². The van der Waals surface area contributed by atoms with E-state index in [1.54, 1.807) is 11.8 Å². The zero-order valence-electron chi connectivity index (χ0n) is 9.46. The van der Waals surface area contributed by atoms with Crippen LogP contribution >= 0.6 is 23.4 Å². The van der Waals surface area contributed by atoms with Crippen LogP contribution < -0.4 is 0 Å². The van der Waals surface area contributed by atoms with E-state index in [2.05, 4.69) is 23.8 Å². The minimum absolute atomic E-state index is 0.550. The largest absolute Gasteiger partial charge is 0.227 e. The highest BCUT2D eigenvalue weighted by molar-refractivity contribution is 7.99. The molecular weight excluding hydrogens is 228 g/mol. The predicted molar refractivity (Wildman–Crippen MR) is 66.6 cm³/mol. The molecule has 0 aliphatic carbocycles. The summed E-state index contributed by atoms with van der Waals surface area (Å²) in [6, 6.07) is 1.84. The molecule has 15 heavy (non-hydrogen) atoms. The second-order valence-electron chi connectivity index (χ2n) is 3.83. The van der Waals surface area contributed by atoms with E-state index in [4.69, 9.17) is 11.6 Å². The first-order chi connectivity index (χ1) is 7.11.